The molecule has 0 radical (unpaired) electrons. The van der Waals surface area contributed by atoms with E-state index in [0.29, 0.717) is 0 Å². The second kappa shape index (κ2) is 9.05. The van der Waals surface area contributed by atoms with E-state index in [1.165, 1.54) is 19.5 Å². The summed E-state index contributed by atoms with van der Waals surface area (Å²) in [5.74, 6) is 2.69. The van der Waals surface area contributed by atoms with Crippen molar-refractivity contribution in [2.75, 3.05) is 40.3 Å². The van der Waals surface area contributed by atoms with Gasteiger partial charge in [0.15, 0.2) is 0 Å². The van der Waals surface area contributed by atoms with E-state index in [4.69, 9.17) is 6.42 Å². The molecule has 0 unspecified atom stereocenters. The zero-order chi connectivity index (χ0) is 10.8. The zero-order valence-electron chi connectivity index (χ0n) is 9.92. The summed E-state index contributed by atoms with van der Waals surface area (Å²) < 4.78 is 0. The molecule has 0 amide bonds. The predicted octanol–water partition coefficient (Wildman–Crippen LogP) is 1.67. The Hall–Kier alpha value is -0.520. The molecule has 82 valence electrons. The Bertz CT molecular complexity index is 158. The molecule has 0 rings (SSSR count). The zero-order valence-corrected chi connectivity index (χ0v) is 9.92. The summed E-state index contributed by atoms with van der Waals surface area (Å²) in [5.41, 5.74) is 0. The first-order valence-corrected chi connectivity index (χ1v) is 5.51. The lowest BCUT2D eigenvalue weighted by Crippen LogP contribution is -2.28. The minimum atomic E-state index is 0.907. The minimum Gasteiger partial charge on any atom is -0.309 e. The van der Waals surface area contributed by atoms with Crippen LogP contribution in [0.25, 0.3) is 0 Å². The third-order valence-electron chi connectivity index (χ3n) is 2.32. The Labute approximate surface area is 89.3 Å². The van der Waals surface area contributed by atoms with Gasteiger partial charge in [0.05, 0.1) is 0 Å². The Balaban J connectivity index is 3.43. The quantitative estimate of drug-likeness (QED) is 0.430. The van der Waals surface area contributed by atoms with E-state index in [9.17, 15) is 0 Å². The van der Waals surface area contributed by atoms with Crippen molar-refractivity contribution < 1.29 is 0 Å². The maximum Gasteiger partial charge on any atom is 0.00982 e. The van der Waals surface area contributed by atoms with E-state index in [-0.39, 0.29) is 0 Å². The van der Waals surface area contributed by atoms with Gasteiger partial charge in [0.25, 0.3) is 0 Å². The van der Waals surface area contributed by atoms with Gasteiger partial charge in [-0.15, -0.1) is 12.3 Å². The molecule has 0 aliphatic rings. The van der Waals surface area contributed by atoms with Crippen molar-refractivity contribution in [3.8, 4) is 12.3 Å². The van der Waals surface area contributed by atoms with Crippen LogP contribution in [0.5, 0.6) is 0 Å². The van der Waals surface area contributed by atoms with E-state index < -0.39 is 0 Å². The highest BCUT2D eigenvalue weighted by molar-refractivity contribution is 4.83. The van der Waals surface area contributed by atoms with E-state index in [1.54, 1.807) is 0 Å². The van der Waals surface area contributed by atoms with Crippen molar-refractivity contribution in [2.45, 2.75) is 26.2 Å². The van der Waals surface area contributed by atoms with Gasteiger partial charge in [0.2, 0.25) is 0 Å². The Kier molecular flexibility index (Phi) is 8.72. The molecule has 0 atom stereocenters. The summed E-state index contributed by atoms with van der Waals surface area (Å²) >= 11 is 0. The highest BCUT2D eigenvalue weighted by atomic mass is 15.1. The number of terminal acetylenes is 1. The smallest absolute Gasteiger partial charge is 0.00982 e. The molecule has 0 spiro atoms. The van der Waals surface area contributed by atoms with E-state index >= 15 is 0 Å². The number of nitrogens with zero attached hydrogens (tertiary/aromatic N) is 2. The fraction of sp³-hybridized carbons (Fsp3) is 0.833. The van der Waals surface area contributed by atoms with E-state index in [0.717, 1.165) is 25.9 Å². The van der Waals surface area contributed by atoms with Crippen molar-refractivity contribution in [3.05, 3.63) is 0 Å². The molecule has 0 aromatic carbocycles. The van der Waals surface area contributed by atoms with E-state index in [2.05, 4.69) is 36.7 Å². The molecule has 0 fully saturated rings. The average molecular weight is 196 g/mol. The molecular weight excluding hydrogens is 172 g/mol. The van der Waals surface area contributed by atoms with Gasteiger partial charge in [-0.25, -0.2) is 0 Å². The number of hydrogen-bond acceptors (Lipinski definition) is 2. The molecule has 0 bridgehead atoms. The lowest BCUT2D eigenvalue weighted by atomic mass is 10.3. The third kappa shape index (κ3) is 8.10. The first-order chi connectivity index (χ1) is 6.70. The minimum absolute atomic E-state index is 0.907. The van der Waals surface area contributed by atoms with Crippen molar-refractivity contribution >= 4 is 0 Å². The fourth-order valence-electron chi connectivity index (χ4n) is 1.44. The van der Waals surface area contributed by atoms with Gasteiger partial charge >= 0.3 is 0 Å². The maximum atomic E-state index is 5.22. The van der Waals surface area contributed by atoms with Crippen LogP contribution in [-0.4, -0.2) is 50.1 Å². The Morgan fingerprint density at radius 1 is 1.07 bits per heavy atom. The summed E-state index contributed by atoms with van der Waals surface area (Å²) in [6, 6.07) is 0. The lowest BCUT2D eigenvalue weighted by molar-refractivity contribution is 0.264. The van der Waals surface area contributed by atoms with E-state index in [1.807, 2.05) is 0 Å². The van der Waals surface area contributed by atoms with Gasteiger partial charge < -0.3 is 9.80 Å². The molecule has 2 heteroatoms. The normalized spacial score (nSPS) is 10.9. The molecule has 0 saturated heterocycles. The van der Waals surface area contributed by atoms with Gasteiger partial charge in [-0.05, 0) is 53.1 Å². The van der Waals surface area contributed by atoms with Crippen LogP contribution in [0.4, 0.5) is 0 Å². The first-order valence-electron chi connectivity index (χ1n) is 5.51. The Morgan fingerprint density at radius 3 is 2.21 bits per heavy atom. The molecule has 2 nitrogen and oxygen atoms in total. The van der Waals surface area contributed by atoms with Crippen LogP contribution in [0.3, 0.4) is 0 Å². The van der Waals surface area contributed by atoms with Crippen LogP contribution in [0, 0.1) is 12.3 Å². The molecule has 14 heavy (non-hydrogen) atoms. The molecule has 0 N–H and O–H groups in total. The van der Waals surface area contributed by atoms with Gasteiger partial charge in [0.1, 0.15) is 0 Å². The molecule has 0 aromatic rings. The maximum absolute atomic E-state index is 5.22. The van der Waals surface area contributed by atoms with Crippen LogP contribution >= 0.6 is 0 Å². The van der Waals surface area contributed by atoms with Gasteiger partial charge in [-0.2, -0.15) is 0 Å². The Morgan fingerprint density at radius 2 is 1.71 bits per heavy atom. The molecule has 0 aromatic heterocycles. The van der Waals surface area contributed by atoms with Crippen LogP contribution in [0.1, 0.15) is 26.2 Å². The summed E-state index contributed by atoms with van der Waals surface area (Å²) in [6.45, 7) is 6.86. The largest absolute Gasteiger partial charge is 0.309 e. The second-order valence-corrected chi connectivity index (χ2v) is 3.90. The highest BCUT2D eigenvalue weighted by Crippen LogP contribution is 1.96. The van der Waals surface area contributed by atoms with Crippen molar-refractivity contribution in [2.24, 2.45) is 0 Å². The SMILES string of the molecule is C#CCCCN(CC)CCCN(C)C. The number of rotatable bonds is 8. The number of unbranched alkanes of at least 4 members (excludes halogenated alkanes) is 1. The molecule has 0 saturated carbocycles. The van der Waals surface area contributed by atoms with Crippen molar-refractivity contribution in [3.63, 3.8) is 0 Å². The average Bonchev–Trinajstić information content (AvgIpc) is 2.15. The van der Waals surface area contributed by atoms with Gasteiger partial charge in [-0.3, -0.25) is 0 Å². The third-order valence-corrected chi connectivity index (χ3v) is 2.32. The topological polar surface area (TPSA) is 6.48 Å². The van der Waals surface area contributed by atoms with Crippen LogP contribution < -0.4 is 0 Å². The molecule has 0 aliphatic heterocycles. The molecule has 0 heterocycles. The van der Waals surface area contributed by atoms with Crippen molar-refractivity contribution in [1.82, 2.24) is 9.80 Å². The first kappa shape index (κ1) is 13.5. The summed E-state index contributed by atoms with van der Waals surface area (Å²) in [4.78, 5) is 4.70. The second-order valence-electron chi connectivity index (χ2n) is 3.90. The predicted molar refractivity (Wildman–Crippen MR) is 63.4 cm³/mol. The summed E-state index contributed by atoms with van der Waals surface area (Å²) in [7, 11) is 4.24. The fourth-order valence-corrected chi connectivity index (χ4v) is 1.44. The standard InChI is InChI=1S/C12H24N2/c1-5-7-8-11-14(6-2)12-9-10-13(3)4/h1H,6-12H2,2-4H3. The molecule has 0 aliphatic carbocycles. The van der Waals surface area contributed by atoms with Crippen molar-refractivity contribution in [1.29, 1.82) is 0 Å². The summed E-state index contributed by atoms with van der Waals surface area (Å²) in [6.07, 6.45) is 8.51. The van der Waals surface area contributed by atoms with Gasteiger partial charge in [-0.1, -0.05) is 6.92 Å². The number of hydrogen-bond donors (Lipinski definition) is 0. The highest BCUT2D eigenvalue weighted by Gasteiger charge is 2.01. The molecular formula is C12H24N2. The summed E-state index contributed by atoms with van der Waals surface area (Å²) in [5, 5.41) is 0. The van der Waals surface area contributed by atoms with Crippen LogP contribution in [-0.2, 0) is 0 Å². The lowest BCUT2D eigenvalue weighted by Gasteiger charge is -2.20. The van der Waals surface area contributed by atoms with Crippen LogP contribution in [0.2, 0.25) is 0 Å². The monoisotopic (exact) mass is 196 g/mol. The van der Waals surface area contributed by atoms with Gasteiger partial charge in [0, 0.05) is 6.42 Å². The van der Waals surface area contributed by atoms with Crippen LogP contribution in [0.15, 0.2) is 0 Å².